The Morgan fingerprint density at radius 3 is 3.00 bits per heavy atom. The second-order valence-corrected chi connectivity index (χ2v) is 4.25. The van der Waals surface area contributed by atoms with E-state index < -0.39 is 5.97 Å². The predicted octanol–water partition coefficient (Wildman–Crippen LogP) is 2.00. The van der Waals surface area contributed by atoms with Crippen LogP contribution in [0.15, 0.2) is 29.8 Å². The molecule has 0 atom stereocenters. The molecule has 0 spiro atoms. The first-order valence-corrected chi connectivity index (χ1v) is 5.69. The van der Waals surface area contributed by atoms with Crippen LogP contribution in [0.1, 0.15) is 15.4 Å². The average molecular weight is 250 g/mol. The number of anilines is 1. The van der Waals surface area contributed by atoms with Gasteiger partial charge in [0.05, 0.1) is 0 Å². The van der Waals surface area contributed by atoms with Crippen LogP contribution in [-0.4, -0.2) is 16.1 Å². The van der Waals surface area contributed by atoms with Gasteiger partial charge in [-0.1, -0.05) is 0 Å². The summed E-state index contributed by atoms with van der Waals surface area (Å²) in [4.78, 5) is 15.0. The molecule has 2 aromatic rings. The Labute approximate surface area is 101 Å². The number of ether oxygens (including phenoxy) is 1. The average Bonchev–Trinajstić information content (AvgIpc) is 2.78. The Morgan fingerprint density at radius 2 is 2.35 bits per heavy atom. The Bertz CT molecular complexity index is 526. The van der Waals surface area contributed by atoms with Gasteiger partial charge in [0, 0.05) is 23.3 Å². The molecule has 0 saturated heterocycles. The third kappa shape index (κ3) is 2.73. The molecule has 17 heavy (non-hydrogen) atoms. The van der Waals surface area contributed by atoms with Gasteiger partial charge >= 0.3 is 5.97 Å². The molecule has 0 aliphatic rings. The number of aromatic carboxylic acids is 1. The van der Waals surface area contributed by atoms with Crippen molar-refractivity contribution in [3.8, 4) is 5.75 Å². The number of nitrogens with two attached hydrogens (primary N) is 1. The summed E-state index contributed by atoms with van der Waals surface area (Å²) in [7, 11) is 0. The molecule has 1 aromatic heterocycles. The van der Waals surface area contributed by atoms with Gasteiger partial charge < -0.3 is 15.6 Å². The van der Waals surface area contributed by atoms with Gasteiger partial charge in [0.2, 0.25) is 0 Å². The van der Waals surface area contributed by atoms with Crippen molar-refractivity contribution in [2.75, 3.05) is 5.73 Å². The topological polar surface area (TPSA) is 85.4 Å². The van der Waals surface area contributed by atoms with Gasteiger partial charge in [0.1, 0.15) is 22.9 Å². The van der Waals surface area contributed by atoms with E-state index in [1.54, 1.807) is 6.20 Å². The first kappa shape index (κ1) is 11.4. The molecule has 2 rings (SSSR count). The maximum atomic E-state index is 11.0. The number of thiazole rings is 1. The zero-order chi connectivity index (χ0) is 12.3. The lowest BCUT2D eigenvalue weighted by Crippen LogP contribution is -2.04. The monoisotopic (exact) mass is 250 g/mol. The first-order chi connectivity index (χ1) is 8.16. The van der Waals surface area contributed by atoms with Crippen molar-refractivity contribution >= 4 is 23.0 Å². The molecule has 5 nitrogen and oxygen atoms in total. The lowest BCUT2D eigenvalue weighted by molar-refractivity contribution is 0.0692. The molecule has 0 saturated carbocycles. The minimum Gasteiger partial charge on any atom is -0.485 e. The van der Waals surface area contributed by atoms with E-state index in [0.717, 1.165) is 5.01 Å². The van der Waals surface area contributed by atoms with Crippen LogP contribution in [0.4, 0.5) is 5.69 Å². The van der Waals surface area contributed by atoms with Crippen molar-refractivity contribution < 1.29 is 14.6 Å². The summed E-state index contributed by atoms with van der Waals surface area (Å²) < 4.78 is 5.41. The molecule has 0 unspecified atom stereocenters. The first-order valence-electron chi connectivity index (χ1n) is 4.81. The van der Waals surface area contributed by atoms with Crippen molar-refractivity contribution in [3.05, 3.63) is 40.3 Å². The Balaban J connectivity index is 2.19. The zero-order valence-corrected chi connectivity index (χ0v) is 9.61. The van der Waals surface area contributed by atoms with Crippen molar-refractivity contribution in [2.24, 2.45) is 0 Å². The molecule has 6 heteroatoms. The SMILES string of the molecule is Nc1ccc(C(=O)O)c(OCc2nccs2)c1. The molecule has 3 N–H and O–H groups in total. The van der Waals surface area contributed by atoms with Crippen molar-refractivity contribution in [1.82, 2.24) is 4.98 Å². The second-order valence-electron chi connectivity index (χ2n) is 3.28. The van der Waals surface area contributed by atoms with Gasteiger partial charge in [-0.05, 0) is 12.1 Å². The van der Waals surface area contributed by atoms with Crippen LogP contribution in [0.25, 0.3) is 0 Å². The van der Waals surface area contributed by atoms with Gasteiger partial charge in [-0.3, -0.25) is 0 Å². The van der Waals surface area contributed by atoms with E-state index in [0.29, 0.717) is 5.69 Å². The maximum Gasteiger partial charge on any atom is 0.339 e. The van der Waals surface area contributed by atoms with Crippen LogP contribution in [0, 0.1) is 0 Å². The molecule has 0 bridgehead atoms. The number of nitrogen functional groups attached to an aromatic ring is 1. The van der Waals surface area contributed by atoms with Crippen LogP contribution >= 0.6 is 11.3 Å². The summed E-state index contributed by atoms with van der Waals surface area (Å²) in [6.07, 6.45) is 1.67. The molecule has 0 fully saturated rings. The third-order valence-electron chi connectivity index (χ3n) is 2.07. The van der Waals surface area contributed by atoms with E-state index in [-0.39, 0.29) is 17.9 Å². The van der Waals surface area contributed by atoms with Crippen LogP contribution in [0.5, 0.6) is 5.75 Å². The summed E-state index contributed by atoms with van der Waals surface area (Å²) in [6, 6.07) is 4.45. The molecule has 0 aliphatic heterocycles. The number of benzene rings is 1. The Morgan fingerprint density at radius 1 is 1.53 bits per heavy atom. The summed E-state index contributed by atoms with van der Waals surface area (Å²) in [5.74, 6) is -0.785. The summed E-state index contributed by atoms with van der Waals surface area (Å²) in [6.45, 7) is 0.237. The minimum atomic E-state index is -1.04. The van der Waals surface area contributed by atoms with Crippen LogP contribution < -0.4 is 10.5 Å². The quantitative estimate of drug-likeness (QED) is 0.810. The molecule has 1 aromatic carbocycles. The molecular weight excluding hydrogens is 240 g/mol. The third-order valence-corrected chi connectivity index (χ3v) is 2.82. The summed E-state index contributed by atoms with van der Waals surface area (Å²) in [5, 5.41) is 11.6. The smallest absolute Gasteiger partial charge is 0.339 e. The lowest BCUT2D eigenvalue weighted by Gasteiger charge is -2.08. The largest absolute Gasteiger partial charge is 0.485 e. The highest BCUT2D eigenvalue weighted by Gasteiger charge is 2.11. The highest BCUT2D eigenvalue weighted by atomic mass is 32.1. The molecule has 0 amide bonds. The predicted molar refractivity (Wildman–Crippen MR) is 64.3 cm³/mol. The van der Waals surface area contributed by atoms with Gasteiger partial charge in [-0.2, -0.15) is 0 Å². The number of hydrogen-bond donors (Lipinski definition) is 2. The van der Waals surface area contributed by atoms with Crippen LogP contribution in [0.3, 0.4) is 0 Å². The van der Waals surface area contributed by atoms with Gasteiger partial charge in [-0.15, -0.1) is 11.3 Å². The fourth-order valence-electron chi connectivity index (χ4n) is 1.30. The van der Waals surface area contributed by atoms with Crippen LogP contribution in [-0.2, 0) is 6.61 Å². The minimum absolute atomic E-state index is 0.0933. The Hall–Kier alpha value is -2.08. The molecular formula is C11H10N2O3S. The maximum absolute atomic E-state index is 11.0. The highest BCUT2D eigenvalue weighted by molar-refractivity contribution is 7.09. The fraction of sp³-hybridized carbons (Fsp3) is 0.0909. The highest BCUT2D eigenvalue weighted by Crippen LogP contribution is 2.23. The van der Waals surface area contributed by atoms with E-state index in [1.807, 2.05) is 5.38 Å². The van der Waals surface area contributed by atoms with Gasteiger partial charge in [-0.25, -0.2) is 9.78 Å². The van der Waals surface area contributed by atoms with E-state index in [1.165, 1.54) is 29.5 Å². The van der Waals surface area contributed by atoms with E-state index >= 15 is 0 Å². The number of carboxylic acid groups (broad SMARTS) is 1. The molecule has 88 valence electrons. The fourth-order valence-corrected chi connectivity index (χ4v) is 1.83. The molecule has 0 aliphatic carbocycles. The zero-order valence-electron chi connectivity index (χ0n) is 8.79. The molecule has 1 heterocycles. The number of rotatable bonds is 4. The number of hydrogen-bond acceptors (Lipinski definition) is 5. The summed E-state index contributed by atoms with van der Waals surface area (Å²) >= 11 is 1.45. The lowest BCUT2D eigenvalue weighted by atomic mass is 10.2. The van der Waals surface area contributed by atoms with Crippen molar-refractivity contribution in [1.29, 1.82) is 0 Å². The number of carbonyl (C=O) groups is 1. The van der Waals surface area contributed by atoms with E-state index in [9.17, 15) is 4.79 Å². The van der Waals surface area contributed by atoms with Crippen molar-refractivity contribution in [2.45, 2.75) is 6.61 Å². The second kappa shape index (κ2) is 4.84. The number of nitrogens with zero attached hydrogens (tertiary/aromatic N) is 1. The number of aromatic nitrogens is 1. The van der Waals surface area contributed by atoms with Gasteiger partial charge in [0.15, 0.2) is 0 Å². The molecule has 0 radical (unpaired) electrons. The van der Waals surface area contributed by atoms with E-state index in [4.69, 9.17) is 15.6 Å². The Kier molecular flexibility index (Phi) is 3.24. The number of carboxylic acids is 1. The normalized spacial score (nSPS) is 10.1. The van der Waals surface area contributed by atoms with Gasteiger partial charge in [0.25, 0.3) is 0 Å². The summed E-state index contributed by atoms with van der Waals surface area (Å²) in [5.41, 5.74) is 6.15. The van der Waals surface area contributed by atoms with E-state index in [2.05, 4.69) is 4.98 Å². The van der Waals surface area contributed by atoms with Crippen LogP contribution in [0.2, 0.25) is 0 Å². The van der Waals surface area contributed by atoms with Crippen molar-refractivity contribution in [3.63, 3.8) is 0 Å². The standard InChI is InChI=1S/C11H10N2O3S/c12-7-1-2-8(11(14)15)9(5-7)16-6-10-13-3-4-17-10/h1-5H,6,12H2,(H,14,15).